The van der Waals surface area contributed by atoms with Crippen LogP contribution < -0.4 is 11.1 Å². The van der Waals surface area contributed by atoms with Crippen LogP contribution in [0.25, 0.3) is 0 Å². The highest BCUT2D eigenvalue weighted by Crippen LogP contribution is 2.30. The average Bonchev–Trinajstić information content (AvgIpc) is 2.39. The molecule has 0 aliphatic carbocycles. The van der Waals surface area contributed by atoms with E-state index in [9.17, 15) is 13.6 Å². The Bertz CT molecular complexity index is 694. The van der Waals surface area contributed by atoms with Crippen LogP contribution in [0, 0.1) is 11.6 Å². The van der Waals surface area contributed by atoms with Gasteiger partial charge in [0.2, 0.25) is 0 Å². The molecule has 0 saturated carbocycles. The molecule has 3 N–H and O–H groups in total. The van der Waals surface area contributed by atoms with Gasteiger partial charge in [-0.3, -0.25) is 4.79 Å². The van der Waals surface area contributed by atoms with Crippen molar-refractivity contribution in [3.8, 4) is 0 Å². The number of anilines is 2. The molecule has 2 aromatic carbocycles. The van der Waals surface area contributed by atoms with Gasteiger partial charge in [0.25, 0.3) is 5.91 Å². The number of nitrogens with two attached hydrogens (primary N) is 1. The Hall–Kier alpha value is -1.66. The van der Waals surface area contributed by atoms with Crippen molar-refractivity contribution in [1.29, 1.82) is 0 Å². The van der Waals surface area contributed by atoms with Crippen molar-refractivity contribution >= 4 is 44.8 Å². The van der Waals surface area contributed by atoms with E-state index in [2.05, 4.69) is 21.2 Å². The summed E-state index contributed by atoms with van der Waals surface area (Å²) >= 11 is 9.06. The smallest absolute Gasteiger partial charge is 0.258 e. The Morgan fingerprint density at radius 1 is 1.30 bits per heavy atom. The monoisotopic (exact) mass is 360 g/mol. The van der Waals surface area contributed by atoms with Crippen LogP contribution in [0.1, 0.15) is 10.4 Å². The maximum atomic E-state index is 13.7. The SMILES string of the molecule is Nc1cc(F)cc(C(=O)Nc2cccc(Cl)c2Br)c1F. The van der Waals surface area contributed by atoms with Crippen molar-refractivity contribution in [3.05, 3.63) is 57.0 Å². The first-order valence-electron chi connectivity index (χ1n) is 5.40. The quantitative estimate of drug-likeness (QED) is 0.787. The predicted molar refractivity (Wildman–Crippen MR) is 77.9 cm³/mol. The van der Waals surface area contributed by atoms with E-state index in [-0.39, 0.29) is 0 Å². The second-order valence-corrected chi connectivity index (χ2v) is 5.11. The van der Waals surface area contributed by atoms with Crippen molar-refractivity contribution in [2.45, 2.75) is 0 Å². The molecule has 7 heteroatoms. The molecule has 0 heterocycles. The molecule has 2 aromatic rings. The number of hydrogen-bond acceptors (Lipinski definition) is 2. The lowest BCUT2D eigenvalue weighted by Gasteiger charge is -2.10. The molecule has 104 valence electrons. The van der Waals surface area contributed by atoms with E-state index in [1.165, 1.54) is 0 Å². The fourth-order valence-corrected chi connectivity index (χ4v) is 2.10. The summed E-state index contributed by atoms with van der Waals surface area (Å²) in [6.07, 6.45) is 0. The zero-order valence-electron chi connectivity index (χ0n) is 9.88. The molecule has 0 aliphatic rings. The van der Waals surface area contributed by atoms with Gasteiger partial charge in [-0.15, -0.1) is 0 Å². The van der Waals surface area contributed by atoms with Crippen molar-refractivity contribution in [1.82, 2.24) is 0 Å². The van der Waals surface area contributed by atoms with Crippen LogP contribution >= 0.6 is 27.5 Å². The highest BCUT2D eigenvalue weighted by Gasteiger charge is 2.17. The third-order valence-electron chi connectivity index (χ3n) is 2.51. The lowest BCUT2D eigenvalue weighted by Crippen LogP contribution is -2.15. The number of hydrogen-bond donors (Lipinski definition) is 2. The minimum atomic E-state index is -0.970. The van der Waals surface area contributed by atoms with Gasteiger partial charge in [-0.2, -0.15) is 0 Å². The standard InChI is InChI=1S/C13H8BrClF2N2O/c14-11-8(15)2-1-3-10(11)19-13(20)7-4-6(16)5-9(18)12(7)17/h1-5H,18H2,(H,19,20). The van der Waals surface area contributed by atoms with Crippen LogP contribution in [-0.4, -0.2) is 5.91 Å². The van der Waals surface area contributed by atoms with Gasteiger partial charge in [-0.1, -0.05) is 17.7 Å². The first kappa shape index (κ1) is 14.7. The summed E-state index contributed by atoms with van der Waals surface area (Å²) in [4.78, 5) is 12.0. The Morgan fingerprint density at radius 2 is 2.00 bits per heavy atom. The van der Waals surface area contributed by atoms with Crippen LogP contribution in [0.4, 0.5) is 20.2 Å². The van der Waals surface area contributed by atoms with Gasteiger partial charge >= 0.3 is 0 Å². The Morgan fingerprint density at radius 3 is 2.70 bits per heavy atom. The van der Waals surface area contributed by atoms with Crippen LogP contribution in [0.15, 0.2) is 34.8 Å². The van der Waals surface area contributed by atoms with Gasteiger partial charge in [0.15, 0.2) is 5.82 Å². The maximum absolute atomic E-state index is 13.7. The van der Waals surface area contributed by atoms with E-state index in [0.29, 0.717) is 15.2 Å². The van der Waals surface area contributed by atoms with E-state index in [4.69, 9.17) is 17.3 Å². The Labute approximate surface area is 126 Å². The fourth-order valence-electron chi connectivity index (χ4n) is 1.57. The minimum absolute atomic E-state index is 0.338. The van der Waals surface area contributed by atoms with Crippen molar-refractivity contribution in [2.24, 2.45) is 0 Å². The lowest BCUT2D eigenvalue weighted by atomic mass is 10.1. The molecule has 0 atom stereocenters. The first-order valence-corrected chi connectivity index (χ1v) is 6.57. The van der Waals surface area contributed by atoms with Gasteiger partial charge < -0.3 is 11.1 Å². The normalized spacial score (nSPS) is 10.4. The Balaban J connectivity index is 2.36. The van der Waals surface area contributed by atoms with Crippen molar-refractivity contribution in [3.63, 3.8) is 0 Å². The summed E-state index contributed by atoms with van der Waals surface area (Å²) in [5.74, 6) is -2.59. The van der Waals surface area contributed by atoms with Crippen molar-refractivity contribution < 1.29 is 13.6 Å². The molecule has 0 spiro atoms. The first-order chi connectivity index (χ1) is 9.40. The van der Waals surface area contributed by atoms with E-state index >= 15 is 0 Å². The molecular weight excluding hydrogens is 354 g/mol. The zero-order chi connectivity index (χ0) is 14.9. The molecule has 0 aromatic heterocycles. The summed E-state index contributed by atoms with van der Waals surface area (Å²) in [6, 6.07) is 6.37. The molecule has 20 heavy (non-hydrogen) atoms. The van der Waals surface area contributed by atoms with Crippen LogP contribution in [0.2, 0.25) is 5.02 Å². The molecule has 3 nitrogen and oxygen atoms in total. The molecular formula is C13H8BrClF2N2O. The molecule has 0 radical (unpaired) electrons. The number of rotatable bonds is 2. The highest BCUT2D eigenvalue weighted by molar-refractivity contribution is 9.10. The Kier molecular flexibility index (Phi) is 4.25. The van der Waals surface area contributed by atoms with Crippen molar-refractivity contribution in [2.75, 3.05) is 11.1 Å². The number of carbonyl (C=O) groups excluding carboxylic acids is 1. The number of nitrogens with one attached hydrogen (secondary N) is 1. The van der Waals surface area contributed by atoms with Gasteiger partial charge in [0, 0.05) is 0 Å². The molecule has 0 unspecified atom stereocenters. The van der Waals surface area contributed by atoms with E-state index in [0.717, 1.165) is 12.1 Å². The van der Waals surface area contributed by atoms with Crippen LogP contribution in [0.5, 0.6) is 0 Å². The van der Waals surface area contributed by atoms with E-state index in [1.807, 2.05) is 0 Å². The van der Waals surface area contributed by atoms with Gasteiger partial charge in [-0.25, -0.2) is 8.78 Å². The van der Waals surface area contributed by atoms with Gasteiger partial charge in [-0.05, 0) is 40.2 Å². The number of halogens is 4. The summed E-state index contributed by atoms with van der Waals surface area (Å²) in [5, 5.41) is 2.81. The predicted octanol–water partition coefficient (Wildman–Crippen LogP) is 4.22. The average molecular weight is 362 g/mol. The summed E-state index contributed by atoms with van der Waals surface area (Å²) in [5.41, 5.74) is 4.71. The van der Waals surface area contributed by atoms with Crippen LogP contribution in [0.3, 0.4) is 0 Å². The third kappa shape index (κ3) is 2.91. The fraction of sp³-hybridized carbons (Fsp3) is 0. The second-order valence-electron chi connectivity index (χ2n) is 3.91. The number of amides is 1. The summed E-state index contributed by atoms with van der Waals surface area (Å²) in [7, 11) is 0. The zero-order valence-corrected chi connectivity index (χ0v) is 12.2. The molecule has 0 bridgehead atoms. The third-order valence-corrected chi connectivity index (χ3v) is 3.91. The molecule has 0 saturated heterocycles. The summed E-state index contributed by atoms with van der Waals surface area (Å²) in [6.45, 7) is 0. The molecule has 0 aliphatic heterocycles. The topological polar surface area (TPSA) is 55.1 Å². The largest absolute Gasteiger partial charge is 0.396 e. The maximum Gasteiger partial charge on any atom is 0.258 e. The number of benzene rings is 2. The molecule has 0 fully saturated rings. The van der Waals surface area contributed by atoms with Gasteiger partial charge in [0.1, 0.15) is 5.82 Å². The van der Waals surface area contributed by atoms with Gasteiger partial charge in [0.05, 0.1) is 26.4 Å². The molecule has 2 rings (SSSR count). The highest BCUT2D eigenvalue weighted by atomic mass is 79.9. The van der Waals surface area contributed by atoms with E-state index < -0.39 is 28.8 Å². The number of carbonyl (C=O) groups is 1. The van der Waals surface area contributed by atoms with E-state index in [1.54, 1.807) is 18.2 Å². The summed E-state index contributed by atoms with van der Waals surface area (Å²) < 4.78 is 27.4. The number of nitrogen functional groups attached to an aromatic ring is 1. The minimum Gasteiger partial charge on any atom is -0.396 e. The van der Waals surface area contributed by atoms with Crippen LogP contribution in [-0.2, 0) is 0 Å². The molecule has 1 amide bonds. The lowest BCUT2D eigenvalue weighted by molar-refractivity contribution is 0.102. The second kappa shape index (κ2) is 5.76.